The van der Waals surface area contributed by atoms with Gasteiger partial charge in [-0.3, -0.25) is 0 Å². The number of hydrogen-bond donors (Lipinski definition) is 0. The molecule has 0 saturated carbocycles. The summed E-state index contributed by atoms with van der Waals surface area (Å²) in [5, 5.41) is 10.3. The molecule has 0 aliphatic heterocycles. The van der Waals surface area contributed by atoms with Crippen molar-refractivity contribution in [3.8, 4) is 22.3 Å². The minimum atomic E-state index is -0.0357. The molecule has 0 bridgehead atoms. The third-order valence-corrected chi connectivity index (χ3v) is 9.01. The van der Waals surface area contributed by atoms with Gasteiger partial charge in [0.05, 0.1) is 0 Å². The van der Waals surface area contributed by atoms with Gasteiger partial charge in [-0.15, -0.1) is 0 Å². The van der Waals surface area contributed by atoms with Crippen molar-refractivity contribution >= 4 is 54.3 Å². The first-order valence-corrected chi connectivity index (χ1v) is 13.4. The summed E-state index contributed by atoms with van der Waals surface area (Å²) in [6, 6.07) is 40.3. The van der Waals surface area contributed by atoms with Crippen molar-refractivity contribution in [2.75, 3.05) is 0 Å². The van der Waals surface area contributed by atoms with Gasteiger partial charge in [0, 0.05) is 16.2 Å². The Labute approximate surface area is 220 Å². The first-order valence-electron chi connectivity index (χ1n) is 13.4. The number of fused-ring (bicyclic) bond motifs is 6. The van der Waals surface area contributed by atoms with E-state index in [1.807, 2.05) is 0 Å². The molecule has 0 radical (unpaired) electrons. The first-order chi connectivity index (χ1) is 18.6. The second-order valence-corrected chi connectivity index (χ2v) is 11.3. The molecule has 0 fully saturated rings. The van der Waals surface area contributed by atoms with E-state index in [-0.39, 0.29) is 5.41 Å². The third-order valence-electron chi connectivity index (χ3n) is 9.01. The van der Waals surface area contributed by atoms with Gasteiger partial charge in [0.15, 0.2) is 0 Å². The van der Waals surface area contributed by atoms with Gasteiger partial charge in [-0.1, -0.05) is 98.8 Å². The van der Waals surface area contributed by atoms with Crippen LogP contribution in [0.3, 0.4) is 0 Å². The minimum absolute atomic E-state index is 0.0357. The molecule has 38 heavy (non-hydrogen) atoms. The maximum absolute atomic E-state index is 6.44. The Kier molecular flexibility index (Phi) is 3.67. The topological polar surface area (TPSA) is 13.1 Å². The van der Waals surface area contributed by atoms with Gasteiger partial charge in [0.2, 0.25) is 0 Å². The van der Waals surface area contributed by atoms with E-state index in [1.54, 1.807) is 0 Å². The fourth-order valence-corrected chi connectivity index (χ4v) is 7.13. The number of rotatable bonds is 1. The lowest BCUT2D eigenvalue weighted by Gasteiger charge is -2.21. The second kappa shape index (κ2) is 6.82. The summed E-state index contributed by atoms with van der Waals surface area (Å²) in [6.45, 7) is 4.64. The number of hydrogen-bond acceptors (Lipinski definition) is 1. The van der Waals surface area contributed by atoms with Crippen LogP contribution in [0.4, 0.5) is 0 Å². The number of benzene rings is 7. The van der Waals surface area contributed by atoms with E-state index >= 15 is 0 Å². The van der Waals surface area contributed by atoms with Crippen molar-refractivity contribution in [2.24, 2.45) is 0 Å². The van der Waals surface area contributed by atoms with Crippen LogP contribution >= 0.6 is 0 Å². The van der Waals surface area contributed by atoms with E-state index in [9.17, 15) is 0 Å². The van der Waals surface area contributed by atoms with Crippen LogP contribution in [0.5, 0.6) is 0 Å². The van der Waals surface area contributed by atoms with Crippen LogP contribution in [0.2, 0.25) is 0 Å². The van der Waals surface area contributed by atoms with Gasteiger partial charge in [-0.25, -0.2) is 0 Å². The molecular formula is C37H24O. The fourth-order valence-electron chi connectivity index (χ4n) is 7.13. The summed E-state index contributed by atoms with van der Waals surface area (Å²) >= 11 is 0. The smallest absolute Gasteiger partial charge is 0.135 e. The van der Waals surface area contributed by atoms with E-state index in [2.05, 4.69) is 123 Å². The number of furan rings is 1. The van der Waals surface area contributed by atoms with E-state index in [1.165, 1.54) is 76.5 Å². The average molecular weight is 485 g/mol. The summed E-state index contributed by atoms with van der Waals surface area (Å²) in [5.74, 6) is 0. The Morgan fingerprint density at radius 2 is 1.21 bits per heavy atom. The molecule has 0 atom stereocenters. The highest BCUT2D eigenvalue weighted by Crippen LogP contribution is 2.51. The van der Waals surface area contributed by atoms with Crippen molar-refractivity contribution in [3.63, 3.8) is 0 Å². The van der Waals surface area contributed by atoms with E-state index in [0.717, 1.165) is 11.2 Å². The SMILES string of the molecule is CC1(C)c2ccccc2-c2cc3c(cc21)oc1ccc(-c2ccc4ccc5cccc6ccc2c4c56)cc13. The maximum Gasteiger partial charge on any atom is 0.135 e. The molecule has 0 unspecified atom stereocenters. The lowest BCUT2D eigenvalue weighted by Crippen LogP contribution is -2.14. The van der Waals surface area contributed by atoms with Crippen LogP contribution in [0.25, 0.3) is 76.5 Å². The van der Waals surface area contributed by atoms with Crippen LogP contribution in [-0.2, 0) is 5.41 Å². The molecule has 1 nitrogen and oxygen atoms in total. The van der Waals surface area contributed by atoms with Gasteiger partial charge in [-0.2, -0.15) is 0 Å². The zero-order valence-corrected chi connectivity index (χ0v) is 21.3. The van der Waals surface area contributed by atoms with Crippen molar-refractivity contribution in [2.45, 2.75) is 19.3 Å². The molecule has 7 aromatic carbocycles. The van der Waals surface area contributed by atoms with Crippen LogP contribution < -0.4 is 0 Å². The predicted molar refractivity (Wildman–Crippen MR) is 160 cm³/mol. The normalized spacial score (nSPS) is 14.3. The zero-order chi connectivity index (χ0) is 25.2. The van der Waals surface area contributed by atoms with Gasteiger partial charge in [0.1, 0.15) is 11.2 Å². The molecule has 9 rings (SSSR count). The highest BCUT2D eigenvalue weighted by atomic mass is 16.3. The molecule has 1 aliphatic rings. The molecule has 1 heterocycles. The molecule has 1 aromatic heterocycles. The Balaban J connectivity index is 1.32. The molecule has 0 N–H and O–H groups in total. The fraction of sp³-hybridized carbons (Fsp3) is 0.0811. The Hall–Kier alpha value is -4.62. The molecular weight excluding hydrogens is 460 g/mol. The van der Waals surface area contributed by atoms with Crippen LogP contribution in [-0.4, -0.2) is 0 Å². The summed E-state index contributed by atoms with van der Waals surface area (Å²) in [4.78, 5) is 0. The second-order valence-electron chi connectivity index (χ2n) is 11.3. The quantitative estimate of drug-likeness (QED) is 0.211. The van der Waals surface area contributed by atoms with Crippen molar-refractivity contribution in [1.29, 1.82) is 0 Å². The molecule has 1 aliphatic carbocycles. The van der Waals surface area contributed by atoms with Gasteiger partial charge >= 0.3 is 0 Å². The molecule has 0 amide bonds. The Morgan fingerprint density at radius 3 is 2.08 bits per heavy atom. The summed E-state index contributed by atoms with van der Waals surface area (Å²) in [7, 11) is 0. The Bertz CT molecular complexity index is 2240. The van der Waals surface area contributed by atoms with Crippen molar-refractivity contribution in [1.82, 2.24) is 0 Å². The lowest BCUT2D eigenvalue weighted by atomic mass is 9.82. The highest BCUT2D eigenvalue weighted by Gasteiger charge is 2.36. The largest absolute Gasteiger partial charge is 0.456 e. The van der Waals surface area contributed by atoms with Gasteiger partial charge < -0.3 is 4.42 Å². The van der Waals surface area contributed by atoms with Crippen molar-refractivity contribution < 1.29 is 4.42 Å². The molecule has 1 heteroatoms. The van der Waals surface area contributed by atoms with Crippen LogP contribution in [0, 0.1) is 0 Å². The van der Waals surface area contributed by atoms with Gasteiger partial charge in [-0.05, 0) is 90.0 Å². The molecule has 0 spiro atoms. The van der Waals surface area contributed by atoms with Crippen molar-refractivity contribution in [3.05, 3.63) is 120 Å². The average Bonchev–Trinajstić information content (AvgIpc) is 3.42. The van der Waals surface area contributed by atoms with E-state index in [4.69, 9.17) is 4.42 Å². The Morgan fingerprint density at radius 1 is 0.474 bits per heavy atom. The van der Waals surface area contributed by atoms with Gasteiger partial charge in [0.25, 0.3) is 0 Å². The zero-order valence-electron chi connectivity index (χ0n) is 21.3. The van der Waals surface area contributed by atoms with Crippen LogP contribution in [0.15, 0.2) is 114 Å². The molecule has 8 aromatic rings. The standard InChI is InChI=1S/C37H24O/c1-37(2)31-9-4-3-8-26(31)28-19-30-29-18-24(14-17-33(29)38-34(30)20-32(28)37)25-15-12-23-11-10-21-6-5-7-22-13-16-27(25)36(23)35(21)22/h3-20H,1-2H3. The molecule has 0 saturated heterocycles. The minimum Gasteiger partial charge on any atom is -0.456 e. The molecule has 178 valence electrons. The van der Waals surface area contributed by atoms with E-state index in [0.29, 0.717) is 0 Å². The monoisotopic (exact) mass is 484 g/mol. The maximum atomic E-state index is 6.44. The lowest BCUT2D eigenvalue weighted by molar-refractivity contribution is 0.647. The van der Waals surface area contributed by atoms with E-state index < -0.39 is 0 Å². The summed E-state index contributed by atoms with van der Waals surface area (Å²) in [6.07, 6.45) is 0. The summed E-state index contributed by atoms with van der Waals surface area (Å²) in [5.41, 5.74) is 9.76. The van der Waals surface area contributed by atoms with Crippen LogP contribution in [0.1, 0.15) is 25.0 Å². The first kappa shape index (κ1) is 20.4. The highest BCUT2D eigenvalue weighted by molar-refractivity contribution is 6.25. The predicted octanol–water partition coefficient (Wildman–Crippen LogP) is 10.5. The third kappa shape index (κ3) is 2.47. The summed E-state index contributed by atoms with van der Waals surface area (Å²) < 4.78 is 6.44.